The molecular weight excluding hydrogens is 328 g/mol. The fourth-order valence-electron chi connectivity index (χ4n) is 2.10. The maximum Gasteiger partial charge on any atom is 0.264 e. The molecule has 128 valence electrons. The van der Waals surface area contributed by atoms with Gasteiger partial charge in [0.2, 0.25) is 0 Å². The first-order valence-electron chi connectivity index (χ1n) is 7.50. The number of amides is 1. The minimum Gasteiger partial charge on any atom is -0.396 e. The number of aliphatic hydroxyl groups is 1. The summed E-state index contributed by atoms with van der Waals surface area (Å²) in [7, 11) is -2.20. The summed E-state index contributed by atoms with van der Waals surface area (Å²) < 4.78 is 26.4. The fourth-order valence-corrected chi connectivity index (χ4v) is 3.29. The van der Waals surface area contributed by atoms with Crippen molar-refractivity contribution in [1.29, 1.82) is 0 Å². The molecule has 0 saturated heterocycles. The van der Waals surface area contributed by atoms with E-state index in [1.54, 1.807) is 24.3 Å². The van der Waals surface area contributed by atoms with Crippen LogP contribution >= 0.6 is 0 Å². The molecule has 0 aliphatic heterocycles. The van der Waals surface area contributed by atoms with Crippen LogP contribution in [0.4, 0.5) is 5.69 Å². The van der Waals surface area contributed by atoms with Gasteiger partial charge in [-0.05, 0) is 42.8 Å². The Bertz CT molecular complexity index is 774. The molecule has 0 radical (unpaired) electrons. The molecule has 2 aromatic rings. The molecule has 2 rings (SSSR count). The predicted molar refractivity (Wildman–Crippen MR) is 92.5 cm³/mol. The lowest BCUT2D eigenvalue weighted by Crippen LogP contribution is -2.27. The second kappa shape index (κ2) is 7.94. The molecule has 7 heteroatoms. The molecule has 24 heavy (non-hydrogen) atoms. The summed E-state index contributed by atoms with van der Waals surface area (Å²) in [5.41, 5.74) is 0.928. The van der Waals surface area contributed by atoms with Crippen molar-refractivity contribution in [3.63, 3.8) is 0 Å². The number of nitrogens with one attached hydrogen (secondary N) is 1. The Balaban J connectivity index is 2.16. The minimum atomic E-state index is -3.69. The highest BCUT2D eigenvalue weighted by atomic mass is 32.2. The smallest absolute Gasteiger partial charge is 0.264 e. The first-order chi connectivity index (χ1) is 11.5. The zero-order chi connectivity index (χ0) is 17.6. The number of hydrogen-bond acceptors (Lipinski definition) is 4. The Labute approximate surface area is 141 Å². The van der Waals surface area contributed by atoms with E-state index < -0.39 is 10.0 Å². The average Bonchev–Trinajstić information content (AvgIpc) is 2.62. The van der Waals surface area contributed by atoms with Gasteiger partial charge in [-0.25, -0.2) is 8.42 Å². The fraction of sp³-hybridized carbons (Fsp3) is 0.235. The molecule has 0 atom stereocenters. The van der Waals surface area contributed by atoms with Gasteiger partial charge in [-0.3, -0.25) is 9.10 Å². The van der Waals surface area contributed by atoms with Gasteiger partial charge >= 0.3 is 0 Å². The van der Waals surface area contributed by atoms with Crippen molar-refractivity contribution >= 4 is 21.6 Å². The number of nitrogens with zero attached hydrogens (tertiary/aromatic N) is 1. The van der Waals surface area contributed by atoms with Crippen LogP contribution < -0.4 is 9.62 Å². The van der Waals surface area contributed by atoms with E-state index in [0.29, 0.717) is 24.2 Å². The first kappa shape index (κ1) is 18.0. The highest BCUT2D eigenvalue weighted by Gasteiger charge is 2.21. The van der Waals surface area contributed by atoms with Gasteiger partial charge < -0.3 is 10.4 Å². The van der Waals surface area contributed by atoms with Gasteiger partial charge in [-0.2, -0.15) is 0 Å². The van der Waals surface area contributed by atoms with Crippen LogP contribution in [0.1, 0.15) is 16.8 Å². The number of hydrogen-bond donors (Lipinski definition) is 2. The number of aliphatic hydroxyl groups excluding tert-OH is 1. The second-order valence-corrected chi connectivity index (χ2v) is 7.13. The van der Waals surface area contributed by atoms with Crippen LogP contribution in [0.15, 0.2) is 59.5 Å². The van der Waals surface area contributed by atoms with E-state index in [1.807, 2.05) is 6.07 Å². The lowest BCUT2D eigenvalue weighted by atomic mass is 10.2. The molecule has 2 aromatic carbocycles. The molecule has 0 aromatic heterocycles. The summed E-state index contributed by atoms with van der Waals surface area (Å²) in [6.45, 7) is 0.370. The molecule has 0 saturated carbocycles. The number of rotatable bonds is 7. The summed E-state index contributed by atoms with van der Waals surface area (Å²) in [4.78, 5) is 12.0. The Morgan fingerprint density at radius 3 is 2.29 bits per heavy atom. The normalized spacial score (nSPS) is 11.1. The Hall–Kier alpha value is -2.38. The third-order valence-electron chi connectivity index (χ3n) is 3.52. The van der Waals surface area contributed by atoms with Crippen molar-refractivity contribution < 1.29 is 18.3 Å². The highest BCUT2D eigenvalue weighted by Crippen LogP contribution is 2.21. The standard InChI is InChI=1S/C17H20N2O4S/c1-19(15-6-3-2-4-7-15)24(22,23)16-10-8-14(9-11-16)17(21)18-12-5-13-20/h2-4,6-11,20H,5,12-13H2,1H3,(H,18,21). The summed E-state index contributed by atoms with van der Waals surface area (Å²) >= 11 is 0. The largest absolute Gasteiger partial charge is 0.396 e. The maximum absolute atomic E-state index is 12.6. The number of sulfonamides is 1. The summed E-state index contributed by atoms with van der Waals surface area (Å²) in [5, 5.41) is 11.3. The number of benzene rings is 2. The molecule has 6 nitrogen and oxygen atoms in total. The van der Waals surface area contributed by atoms with E-state index in [9.17, 15) is 13.2 Å². The van der Waals surface area contributed by atoms with Crippen LogP contribution in [0.5, 0.6) is 0 Å². The third kappa shape index (κ3) is 4.12. The van der Waals surface area contributed by atoms with Gasteiger partial charge in [-0.15, -0.1) is 0 Å². The molecular formula is C17H20N2O4S. The van der Waals surface area contributed by atoms with Gasteiger partial charge in [0.15, 0.2) is 0 Å². The molecule has 0 bridgehead atoms. The van der Waals surface area contributed by atoms with Crippen LogP contribution in [-0.2, 0) is 10.0 Å². The molecule has 0 heterocycles. The predicted octanol–water partition coefficient (Wildman–Crippen LogP) is 1.62. The van der Waals surface area contributed by atoms with Crippen LogP contribution in [-0.4, -0.2) is 39.6 Å². The Kier molecular flexibility index (Phi) is 5.94. The highest BCUT2D eigenvalue weighted by molar-refractivity contribution is 7.92. The van der Waals surface area contributed by atoms with Crippen LogP contribution in [0.25, 0.3) is 0 Å². The van der Waals surface area contributed by atoms with Gasteiger partial charge in [0.25, 0.3) is 15.9 Å². The average molecular weight is 348 g/mol. The van der Waals surface area contributed by atoms with Gasteiger partial charge in [0.1, 0.15) is 0 Å². The topological polar surface area (TPSA) is 86.7 Å². The van der Waals surface area contributed by atoms with Crippen LogP contribution in [0.3, 0.4) is 0 Å². The monoisotopic (exact) mass is 348 g/mol. The molecule has 0 aliphatic carbocycles. The lowest BCUT2D eigenvalue weighted by Gasteiger charge is -2.19. The van der Waals surface area contributed by atoms with Crippen molar-refractivity contribution in [2.24, 2.45) is 0 Å². The number of anilines is 1. The van der Waals surface area contributed by atoms with Gasteiger partial charge in [0, 0.05) is 25.8 Å². The van der Waals surface area contributed by atoms with Crippen molar-refractivity contribution in [2.45, 2.75) is 11.3 Å². The summed E-state index contributed by atoms with van der Waals surface area (Å²) in [6.07, 6.45) is 0.472. The van der Waals surface area contributed by atoms with Crippen molar-refractivity contribution in [2.75, 3.05) is 24.5 Å². The lowest BCUT2D eigenvalue weighted by molar-refractivity contribution is 0.0951. The Morgan fingerprint density at radius 1 is 1.08 bits per heavy atom. The Morgan fingerprint density at radius 2 is 1.71 bits per heavy atom. The van der Waals surface area contributed by atoms with E-state index in [0.717, 1.165) is 0 Å². The maximum atomic E-state index is 12.6. The molecule has 0 fully saturated rings. The number of carbonyl (C=O) groups excluding carboxylic acids is 1. The minimum absolute atomic E-state index is 0.00326. The second-order valence-electron chi connectivity index (χ2n) is 5.17. The van der Waals surface area contributed by atoms with E-state index in [2.05, 4.69) is 5.32 Å². The molecule has 0 aliphatic rings. The molecule has 0 spiro atoms. The molecule has 1 amide bonds. The number of para-hydroxylation sites is 1. The van der Waals surface area contributed by atoms with Crippen LogP contribution in [0, 0.1) is 0 Å². The van der Waals surface area contributed by atoms with Crippen molar-refractivity contribution in [1.82, 2.24) is 5.32 Å². The zero-order valence-electron chi connectivity index (χ0n) is 13.3. The van der Waals surface area contributed by atoms with E-state index >= 15 is 0 Å². The number of carbonyl (C=O) groups is 1. The summed E-state index contributed by atoms with van der Waals surface area (Å²) in [5.74, 6) is -0.302. The quantitative estimate of drug-likeness (QED) is 0.745. The van der Waals surface area contributed by atoms with Gasteiger partial charge in [-0.1, -0.05) is 18.2 Å². The zero-order valence-corrected chi connectivity index (χ0v) is 14.2. The van der Waals surface area contributed by atoms with E-state index in [4.69, 9.17) is 5.11 Å². The van der Waals surface area contributed by atoms with E-state index in [1.165, 1.54) is 35.6 Å². The molecule has 0 unspecified atom stereocenters. The van der Waals surface area contributed by atoms with E-state index in [-0.39, 0.29) is 17.4 Å². The first-order valence-corrected chi connectivity index (χ1v) is 8.94. The molecule has 2 N–H and O–H groups in total. The third-order valence-corrected chi connectivity index (χ3v) is 5.31. The SMILES string of the molecule is CN(c1ccccc1)S(=O)(=O)c1ccc(C(=O)NCCCO)cc1. The van der Waals surface area contributed by atoms with Crippen molar-refractivity contribution in [3.05, 3.63) is 60.2 Å². The van der Waals surface area contributed by atoms with Crippen LogP contribution in [0.2, 0.25) is 0 Å². The van der Waals surface area contributed by atoms with Crippen molar-refractivity contribution in [3.8, 4) is 0 Å². The van der Waals surface area contributed by atoms with Gasteiger partial charge in [0.05, 0.1) is 10.6 Å². The summed E-state index contributed by atoms with van der Waals surface area (Å²) in [6, 6.07) is 14.5.